The van der Waals surface area contributed by atoms with Crippen molar-refractivity contribution in [3.8, 4) is 0 Å². The van der Waals surface area contributed by atoms with Crippen LogP contribution in [0.4, 0.5) is 0 Å². The van der Waals surface area contributed by atoms with Crippen LogP contribution in [-0.2, 0) is 10.1 Å². The van der Waals surface area contributed by atoms with Gasteiger partial charge in [-0.1, -0.05) is 82.9 Å². The summed E-state index contributed by atoms with van der Waals surface area (Å²) >= 11 is 0. The van der Waals surface area contributed by atoms with E-state index in [0.717, 1.165) is 6.42 Å². The van der Waals surface area contributed by atoms with Crippen molar-refractivity contribution in [2.24, 2.45) is 0 Å². The maximum Gasteiger partial charge on any atom is 1.00 e. The van der Waals surface area contributed by atoms with Crippen molar-refractivity contribution in [3.63, 3.8) is 0 Å². The molecular formula is C18H31NaO3S. The number of benzene rings is 1. The van der Waals surface area contributed by atoms with E-state index in [1.165, 1.54) is 69.9 Å². The maximum atomic E-state index is 10.4. The molecular weight excluding hydrogens is 319 g/mol. The van der Waals surface area contributed by atoms with E-state index in [9.17, 15) is 8.42 Å². The number of hydrogen-bond acceptors (Lipinski definition) is 2. The molecule has 3 nitrogen and oxygen atoms in total. The van der Waals surface area contributed by atoms with Crippen molar-refractivity contribution in [1.29, 1.82) is 0 Å². The summed E-state index contributed by atoms with van der Waals surface area (Å²) in [4.78, 5) is -0.0741. The summed E-state index contributed by atoms with van der Waals surface area (Å²) in [7, 11) is -4.00. The smallest absolute Gasteiger partial charge is 0.343 e. The van der Waals surface area contributed by atoms with Gasteiger partial charge < -0.3 is 6.92 Å². The first-order chi connectivity index (χ1) is 10.5. The van der Waals surface area contributed by atoms with Crippen molar-refractivity contribution in [3.05, 3.63) is 37.3 Å². The van der Waals surface area contributed by atoms with Gasteiger partial charge in [0.05, 0.1) is 4.90 Å². The average molecular weight is 351 g/mol. The molecule has 0 amide bonds. The molecule has 0 aliphatic heterocycles. The molecule has 0 bridgehead atoms. The van der Waals surface area contributed by atoms with E-state index in [0.29, 0.717) is 0 Å². The Balaban J connectivity index is 0. The Morgan fingerprint density at radius 3 is 1.65 bits per heavy atom. The van der Waals surface area contributed by atoms with Gasteiger partial charge in [-0.2, -0.15) is 14.8 Å². The largest absolute Gasteiger partial charge is 1.00 e. The first-order valence-corrected chi connectivity index (χ1v) is 9.78. The molecule has 0 fully saturated rings. The van der Waals surface area contributed by atoms with Crippen LogP contribution in [0.3, 0.4) is 0 Å². The van der Waals surface area contributed by atoms with Gasteiger partial charge in [-0.25, -0.2) is 0 Å². The molecule has 0 spiro atoms. The molecule has 0 unspecified atom stereocenters. The molecule has 0 aromatic heterocycles. The third kappa shape index (κ3) is 16.8. The first kappa shape index (κ1) is 25.4. The number of rotatable bonds is 10. The zero-order chi connectivity index (χ0) is 16.7. The van der Waals surface area contributed by atoms with Crippen molar-refractivity contribution in [2.75, 3.05) is 0 Å². The van der Waals surface area contributed by atoms with Crippen LogP contribution in [0.5, 0.6) is 0 Å². The molecule has 0 atom stereocenters. The molecule has 1 rings (SSSR count). The number of hydrogen-bond donors (Lipinski definition) is 1. The summed E-state index contributed by atoms with van der Waals surface area (Å²) in [5.74, 6) is 0. The van der Waals surface area contributed by atoms with Crippen molar-refractivity contribution < 1.29 is 42.5 Å². The van der Waals surface area contributed by atoms with Gasteiger partial charge in [-0.15, -0.1) is 0 Å². The minimum atomic E-state index is -4.00. The molecule has 128 valence electrons. The Kier molecular flexibility index (Phi) is 18.7. The van der Waals surface area contributed by atoms with Gasteiger partial charge in [0.15, 0.2) is 0 Å². The van der Waals surface area contributed by atoms with E-state index in [4.69, 9.17) is 4.55 Å². The van der Waals surface area contributed by atoms with E-state index >= 15 is 0 Å². The third-order valence-corrected chi connectivity index (χ3v) is 4.26. The molecule has 23 heavy (non-hydrogen) atoms. The second kappa shape index (κ2) is 17.0. The van der Waals surface area contributed by atoms with Crippen LogP contribution < -0.4 is 29.6 Å². The summed E-state index contributed by atoms with van der Waals surface area (Å²) in [6, 6.07) is 7.42. The standard InChI is InChI=1S/C12H25.C6H6O3S.Na/c1-3-5-7-9-11-12-10-8-6-4-2;7-10(8,9)6-4-2-1-3-5-6;/h1,3-12H2,2H3;1-5H,(H,7,8,9);/q-1;;+1. The van der Waals surface area contributed by atoms with Crippen LogP contribution in [0.25, 0.3) is 0 Å². The van der Waals surface area contributed by atoms with E-state index in [1.54, 1.807) is 18.2 Å². The van der Waals surface area contributed by atoms with Crippen molar-refractivity contribution in [2.45, 2.75) is 76.0 Å². The third-order valence-electron chi connectivity index (χ3n) is 3.39. The Bertz CT molecular complexity index is 437. The topological polar surface area (TPSA) is 54.4 Å². The molecule has 1 aromatic rings. The quantitative estimate of drug-likeness (QED) is 0.305. The molecule has 0 saturated heterocycles. The van der Waals surface area contributed by atoms with E-state index in [-0.39, 0.29) is 34.5 Å². The van der Waals surface area contributed by atoms with Gasteiger partial charge in [0, 0.05) is 0 Å². The molecule has 0 aliphatic carbocycles. The number of unbranched alkanes of at least 4 members (excludes halogenated alkanes) is 9. The zero-order valence-corrected chi connectivity index (χ0v) is 17.7. The summed E-state index contributed by atoms with van der Waals surface area (Å²) < 4.78 is 29.2. The Morgan fingerprint density at radius 2 is 1.30 bits per heavy atom. The van der Waals surface area contributed by atoms with E-state index < -0.39 is 10.1 Å². The van der Waals surface area contributed by atoms with Crippen LogP contribution in [0.2, 0.25) is 0 Å². The predicted octanol–water partition coefficient (Wildman–Crippen LogP) is 2.68. The fourth-order valence-electron chi connectivity index (χ4n) is 2.08. The predicted molar refractivity (Wildman–Crippen MR) is 93.5 cm³/mol. The molecule has 0 radical (unpaired) electrons. The molecule has 0 heterocycles. The van der Waals surface area contributed by atoms with Crippen LogP contribution >= 0.6 is 0 Å². The normalized spacial score (nSPS) is 10.4. The Labute approximate surface area is 165 Å². The summed E-state index contributed by atoms with van der Waals surface area (Å²) in [6.07, 6.45) is 13.9. The minimum Gasteiger partial charge on any atom is -0.343 e. The average Bonchev–Trinajstić information content (AvgIpc) is 2.51. The van der Waals surface area contributed by atoms with Crippen LogP contribution in [0.1, 0.15) is 71.1 Å². The zero-order valence-electron chi connectivity index (χ0n) is 14.8. The summed E-state index contributed by atoms with van der Waals surface area (Å²) in [5.41, 5.74) is 0. The summed E-state index contributed by atoms with van der Waals surface area (Å²) in [6.45, 7) is 6.12. The first-order valence-electron chi connectivity index (χ1n) is 8.34. The second-order valence-corrected chi connectivity index (χ2v) is 6.89. The van der Waals surface area contributed by atoms with Gasteiger partial charge >= 0.3 is 29.6 Å². The SMILES string of the molecule is O=S(=O)(O)c1ccccc1.[CH2-]CCCCCCCCCCC.[Na+]. The minimum absolute atomic E-state index is 0. The Hall–Kier alpha value is 0.130. The fourth-order valence-corrected chi connectivity index (χ4v) is 2.58. The Morgan fingerprint density at radius 1 is 0.870 bits per heavy atom. The second-order valence-electron chi connectivity index (χ2n) is 5.47. The molecule has 0 aliphatic rings. The van der Waals surface area contributed by atoms with Gasteiger partial charge in [0.1, 0.15) is 0 Å². The van der Waals surface area contributed by atoms with E-state index in [2.05, 4.69) is 13.8 Å². The molecule has 0 saturated carbocycles. The van der Waals surface area contributed by atoms with Gasteiger partial charge in [0.25, 0.3) is 10.1 Å². The molecule has 1 aromatic carbocycles. The van der Waals surface area contributed by atoms with Crippen LogP contribution in [0, 0.1) is 6.92 Å². The molecule has 1 N–H and O–H groups in total. The van der Waals surface area contributed by atoms with Crippen LogP contribution in [0.15, 0.2) is 35.2 Å². The van der Waals surface area contributed by atoms with Gasteiger partial charge in [-0.05, 0) is 12.1 Å². The van der Waals surface area contributed by atoms with Gasteiger partial charge in [0.2, 0.25) is 0 Å². The summed E-state index contributed by atoms with van der Waals surface area (Å²) in [5, 5.41) is 0. The van der Waals surface area contributed by atoms with Crippen molar-refractivity contribution in [1.82, 2.24) is 0 Å². The molecule has 5 heteroatoms. The monoisotopic (exact) mass is 350 g/mol. The maximum absolute atomic E-state index is 10.4. The van der Waals surface area contributed by atoms with Gasteiger partial charge in [-0.3, -0.25) is 4.55 Å². The van der Waals surface area contributed by atoms with E-state index in [1.807, 2.05) is 0 Å². The fraction of sp³-hybridized carbons (Fsp3) is 0.611. The van der Waals surface area contributed by atoms with Crippen LogP contribution in [-0.4, -0.2) is 13.0 Å². The van der Waals surface area contributed by atoms with Crippen molar-refractivity contribution >= 4 is 10.1 Å².